The van der Waals surface area contributed by atoms with Crippen LogP contribution in [-0.4, -0.2) is 193 Å². The molecular formula is C83H157NO18. The fourth-order valence-electron chi connectivity index (χ4n) is 14.7. The molecule has 1 amide bonds. The molecule has 3 aliphatic heterocycles. The smallest absolute Gasteiger partial charge is 0.220 e. The van der Waals surface area contributed by atoms with Gasteiger partial charge >= 0.3 is 0 Å². The van der Waals surface area contributed by atoms with Gasteiger partial charge in [0.1, 0.15) is 73.2 Å². The van der Waals surface area contributed by atoms with Crippen LogP contribution in [0.15, 0.2) is 24.3 Å². The van der Waals surface area contributed by atoms with Crippen molar-refractivity contribution in [2.45, 2.75) is 471 Å². The third-order valence-corrected chi connectivity index (χ3v) is 21.5. The molecule has 0 aromatic heterocycles. The number of carbonyl (C=O) groups is 1. The molecule has 12 N–H and O–H groups in total. The molecule has 0 aromatic rings. The number of hydrogen-bond donors (Lipinski definition) is 12. The maximum Gasteiger partial charge on any atom is 0.220 e. The summed E-state index contributed by atoms with van der Waals surface area (Å²) in [5.41, 5.74) is 0. The summed E-state index contributed by atoms with van der Waals surface area (Å²) in [7, 11) is 0. The molecular weight excluding hydrogens is 1300 g/mol. The van der Waals surface area contributed by atoms with Gasteiger partial charge in [0.2, 0.25) is 5.91 Å². The zero-order valence-corrected chi connectivity index (χ0v) is 64.6. The highest BCUT2D eigenvalue weighted by atomic mass is 16.8. The number of carbonyl (C=O) groups excluding carboxylic acids is 1. The van der Waals surface area contributed by atoms with E-state index in [4.69, 9.17) is 28.4 Å². The highest BCUT2D eigenvalue weighted by Crippen LogP contribution is 2.33. The summed E-state index contributed by atoms with van der Waals surface area (Å²) < 4.78 is 34.5. The summed E-state index contributed by atoms with van der Waals surface area (Å²) in [5.74, 6) is -0.267. The Balaban J connectivity index is 1.29. The molecule has 19 nitrogen and oxygen atoms in total. The summed E-state index contributed by atoms with van der Waals surface area (Å²) >= 11 is 0. The molecule has 0 saturated carbocycles. The second kappa shape index (κ2) is 64.1. The van der Waals surface area contributed by atoms with Crippen molar-refractivity contribution >= 4 is 5.91 Å². The molecule has 0 aliphatic carbocycles. The van der Waals surface area contributed by atoms with Crippen molar-refractivity contribution in [1.82, 2.24) is 5.32 Å². The standard InChI is InChI=1S/C83H157NO18/c1-3-5-7-9-11-13-15-17-19-21-23-24-25-26-27-28-29-30-31-32-33-34-35-36-37-38-39-40-41-42-43-45-47-49-51-53-55-57-59-61-71(89)84-66(67(88)60-58-56-54-52-50-48-46-44-22-20-18-16-14-12-10-8-6-4-2)65-97-81-77(95)74(92)79(69(63-86)99-81)102-83-78(96)75(93)80(70(64-87)100-83)101-82-76(94)73(91)72(90)68(62-85)98-82/h21,23,58,60,66-70,72-83,85-88,90-96H,3-20,22,24-57,59,61-65H2,1-2H3,(H,84,89)/b23-21-,60-58+. The van der Waals surface area contributed by atoms with Gasteiger partial charge in [0.25, 0.3) is 0 Å². The predicted molar refractivity (Wildman–Crippen MR) is 406 cm³/mol. The van der Waals surface area contributed by atoms with Gasteiger partial charge in [0.15, 0.2) is 18.9 Å². The first kappa shape index (κ1) is 94.5. The van der Waals surface area contributed by atoms with Crippen molar-refractivity contribution in [2.24, 2.45) is 0 Å². The van der Waals surface area contributed by atoms with Gasteiger partial charge in [-0.15, -0.1) is 0 Å². The van der Waals surface area contributed by atoms with Crippen molar-refractivity contribution < 1.29 is 89.4 Å². The van der Waals surface area contributed by atoms with Crippen LogP contribution >= 0.6 is 0 Å². The average molecular weight is 1460 g/mol. The number of allylic oxidation sites excluding steroid dienone is 3. The van der Waals surface area contributed by atoms with Gasteiger partial charge in [-0.1, -0.05) is 340 Å². The highest BCUT2D eigenvalue weighted by molar-refractivity contribution is 5.76. The Bertz CT molecular complexity index is 1940. The van der Waals surface area contributed by atoms with E-state index in [0.29, 0.717) is 6.42 Å². The summed E-state index contributed by atoms with van der Waals surface area (Å²) in [6.45, 7) is 1.79. The number of aliphatic hydroxyl groups excluding tert-OH is 11. The minimum absolute atomic E-state index is 0.249. The largest absolute Gasteiger partial charge is 0.394 e. The van der Waals surface area contributed by atoms with Gasteiger partial charge in [-0.2, -0.15) is 0 Å². The number of hydrogen-bond acceptors (Lipinski definition) is 18. The van der Waals surface area contributed by atoms with Crippen LogP contribution in [0, 0.1) is 0 Å². The number of unbranched alkanes of at least 4 members (excludes halogenated alkanes) is 51. The van der Waals surface area contributed by atoms with E-state index in [0.717, 1.165) is 44.9 Å². The number of ether oxygens (including phenoxy) is 6. The number of amides is 1. The number of rotatable bonds is 69. The van der Waals surface area contributed by atoms with E-state index in [1.807, 2.05) is 6.08 Å². The number of nitrogens with one attached hydrogen (secondary N) is 1. The third-order valence-electron chi connectivity index (χ3n) is 21.5. The van der Waals surface area contributed by atoms with E-state index in [1.165, 1.54) is 295 Å². The maximum absolute atomic E-state index is 13.5. The lowest BCUT2D eigenvalue weighted by molar-refractivity contribution is -0.379. The SMILES string of the molecule is CCCCCCCCCC/C=C\CCCCCCCCCCCCCCCCCCCCCCCCCCCCCC(=O)NC(COC1OC(CO)C(OC2OC(CO)C(OC3OC(CO)C(O)C(O)C3O)C(O)C2O)C(O)C1O)C(O)/C=C/CCCCCCCCCCCCCCCCCC. The maximum atomic E-state index is 13.5. The summed E-state index contributed by atoms with van der Waals surface area (Å²) in [4.78, 5) is 13.5. The third kappa shape index (κ3) is 43.5. The Hall–Kier alpha value is -1.73. The molecule has 602 valence electrons. The molecule has 3 aliphatic rings. The van der Waals surface area contributed by atoms with Gasteiger partial charge in [-0.25, -0.2) is 0 Å². The molecule has 3 saturated heterocycles. The van der Waals surface area contributed by atoms with Crippen LogP contribution < -0.4 is 5.32 Å². The van der Waals surface area contributed by atoms with Gasteiger partial charge < -0.3 is 89.9 Å². The van der Waals surface area contributed by atoms with Crippen LogP contribution in [0.3, 0.4) is 0 Å². The van der Waals surface area contributed by atoms with Gasteiger partial charge in [-0.05, 0) is 44.9 Å². The Kier molecular flexibility index (Phi) is 59.4. The predicted octanol–water partition coefficient (Wildman–Crippen LogP) is 14.9. The summed E-state index contributed by atoms with van der Waals surface area (Å²) in [5, 5.41) is 121. The lowest BCUT2D eigenvalue weighted by atomic mass is 9.96. The van der Waals surface area contributed by atoms with Crippen LogP contribution in [0.4, 0.5) is 0 Å². The van der Waals surface area contributed by atoms with Crippen LogP contribution in [0.25, 0.3) is 0 Å². The lowest BCUT2D eigenvalue weighted by Crippen LogP contribution is -2.66. The van der Waals surface area contributed by atoms with Crippen LogP contribution in [0.5, 0.6) is 0 Å². The van der Waals surface area contributed by atoms with Crippen LogP contribution in [0.2, 0.25) is 0 Å². The minimum Gasteiger partial charge on any atom is -0.394 e. The monoisotopic (exact) mass is 1460 g/mol. The van der Waals surface area contributed by atoms with Crippen molar-refractivity contribution in [2.75, 3.05) is 26.4 Å². The first-order chi connectivity index (χ1) is 49.8. The molecule has 0 spiro atoms. The van der Waals surface area contributed by atoms with Crippen molar-refractivity contribution in [1.29, 1.82) is 0 Å². The van der Waals surface area contributed by atoms with E-state index in [1.54, 1.807) is 6.08 Å². The molecule has 19 heteroatoms. The van der Waals surface area contributed by atoms with E-state index >= 15 is 0 Å². The minimum atomic E-state index is -1.98. The Morgan fingerprint density at radius 2 is 0.618 bits per heavy atom. The molecule has 3 fully saturated rings. The molecule has 102 heavy (non-hydrogen) atoms. The fourth-order valence-corrected chi connectivity index (χ4v) is 14.7. The Morgan fingerprint density at radius 1 is 0.343 bits per heavy atom. The van der Waals surface area contributed by atoms with Crippen molar-refractivity contribution in [3.05, 3.63) is 24.3 Å². The molecule has 0 aromatic carbocycles. The van der Waals surface area contributed by atoms with E-state index < -0.39 is 124 Å². The van der Waals surface area contributed by atoms with Crippen LogP contribution in [0.1, 0.15) is 367 Å². The second-order valence-corrected chi connectivity index (χ2v) is 30.6. The topological polar surface area (TPSA) is 307 Å². The molecule has 17 unspecified atom stereocenters. The van der Waals surface area contributed by atoms with Crippen LogP contribution in [-0.2, 0) is 33.2 Å². The zero-order chi connectivity index (χ0) is 73.9. The first-order valence-electron chi connectivity index (χ1n) is 42.6. The fraction of sp³-hybridized carbons (Fsp3) is 0.940. The van der Waals surface area contributed by atoms with E-state index in [2.05, 4.69) is 31.3 Å². The van der Waals surface area contributed by atoms with Gasteiger partial charge in [0, 0.05) is 6.42 Å². The van der Waals surface area contributed by atoms with Gasteiger partial charge in [0.05, 0.1) is 38.6 Å². The highest BCUT2D eigenvalue weighted by Gasteiger charge is 2.54. The molecule has 0 bridgehead atoms. The van der Waals surface area contributed by atoms with Gasteiger partial charge in [-0.3, -0.25) is 4.79 Å². The Labute approximate surface area is 619 Å². The molecule has 3 heterocycles. The summed E-state index contributed by atoms with van der Waals surface area (Å²) in [6.07, 6.45) is 52.0. The molecule has 3 rings (SSSR count). The Morgan fingerprint density at radius 3 is 0.951 bits per heavy atom. The van der Waals surface area contributed by atoms with Crippen molar-refractivity contribution in [3.63, 3.8) is 0 Å². The van der Waals surface area contributed by atoms with E-state index in [-0.39, 0.29) is 18.9 Å². The number of aliphatic hydroxyl groups is 11. The lowest BCUT2D eigenvalue weighted by Gasteiger charge is -2.48. The zero-order valence-electron chi connectivity index (χ0n) is 64.6. The molecule has 17 atom stereocenters. The van der Waals surface area contributed by atoms with E-state index in [9.17, 15) is 61.0 Å². The summed E-state index contributed by atoms with van der Waals surface area (Å²) in [6, 6.07) is -0.971. The first-order valence-corrected chi connectivity index (χ1v) is 42.6. The quantitative estimate of drug-likeness (QED) is 0.0199. The average Bonchev–Trinajstić information content (AvgIpc) is 0.781. The molecule has 0 radical (unpaired) electrons. The van der Waals surface area contributed by atoms with Crippen molar-refractivity contribution in [3.8, 4) is 0 Å². The second-order valence-electron chi connectivity index (χ2n) is 30.6. The normalized spacial score (nSPS) is 26.2.